The maximum atomic E-state index is 12.3. The summed E-state index contributed by atoms with van der Waals surface area (Å²) in [5, 5.41) is 11.0. The third-order valence-corrected chi connectivity index (χ3v) is 3.79. The molecule has 1 aromatic carbocycles. The fourth-order valence-corrected chi connectivity index (χ4v) is 2.52. The van der Waals surface area contributed by atoms with Crippen LogP contribution in [0.15, 0.2) is 30.3 Å². The van der Waals surface area contributed by atoms with Crippen LogP contribution in [0.25, 0.3) is 0 Å². The summed E-state index contributed by atoms with van der Waals surface area (Å²) in [6, 6.07) is 8.98. The maximum absolute atomic E-state index is 12.3. The number of rotatable bonds is 12. The van der Waals surface area contributed by atoms with E-state index in [1.807, 2.05) is 51.1 Å². The second-order valence-electron chi connectivity index (χ2n) is 6.39. The van der Waals surface area contributed by atoms with Gasteiger partial charge in [-0.05, 0) is 31.2 Å². The minimum Gasteiger partial charge on any atom is -0.480 e. The number of ether oxygens (including phenoxy) is 1. The summed E-state index contributed by atoms with van der Waals surface area (Å²) in [6.07, 6.45) is 1.39. The second-order valence-corrected chi connectivity index (χ2v) is 6.39. The lowest BCUT2D eigenvalue weighted by Gasteiger charge is -2.30. The molecule has 0 saturated carbocycles. The SMILES string of the molecule is CCOCCN(NC(=O)CCc1ccccc1)[C@@H](CC(C)C)C(=O)O. The van der Waals surface area contributed by atoms with Gasteiger partial charge in [-0.1, -0.05) is 44.2 Å². The van der Waals surface area contributed by atoms with Crippen LogP contribution in [-0.2, 0) is 20.7 Å². The number of carboxylic acids is 1. The molecule has 0 fully saturated rings. The summed E-state index contributed by atoms with van der Waals surface area (Å²) in [6.45, 7) is 7.08. The van der Waals surface area contributed by atoms with E-state index in [9.17, 15) is 14.7 Å². The molecule has 0 aliphatic rings. The molecule has 140 valence electrons. The third kappa shape index (κ3) is 8.65. The molecule has 0 aromatic heterocycles. The van der Waals surface area contributed by atoms with Crippen LogP contribution in [0.5, 0.6) is 0 Å². The molecule has 1 atom stereocenters. The number of carbonyl (C=O) groups is 2. The highest BCUT2D eigenvalue weighted by Gasteiger charge is 2.27. The molecule has 0 saturated heterocycles. The summed E-state index contributed by atoms with van der Waals surface area (Å²) in [5.41, 5.74) is 3.85. The Bertz CT molecular complexity index is 519. The fourth-order valence-electron chi connectivity index (χ4n) is 2.52. The number of aryl methyl sites for hydroxylation is 1. The summed E-state index contributed by atoms with van der Waals surface area (Å²) >= 11 is 0. The van der Waals surface area contributed by atoms with E-state index in [-0.39, 0.29) is 11.8 Å². The Labute approximate surface area is 150 Å². The highest BCUT2D eigenvalue weighted by Crippen LogP contribution is 2.11. The lowest BCUT2D eigenvalue weighted by molar-refractivity contribution is -0.147. The number of aliphatic carboxylic acids is 1. The Morgan fingerprint density at radius 2 is 1.92 bits per heavy atom. The quantitative estimate of drug-likeness (QED) is 0.447. The number of hydrogen-bond donors (Lipinski definition) is 2. The van der Waals surface area contributed by atoms with Crippen LogP contribution in [0.2, 0.25) is 0 Å². The molecule has 1 rings (SSSR count). The number of hydrogen-bond acceptors (Lipinski definition) is 4. The number of carbonyl (C=O) groups excluding carboxylic acids is 1. The van der Waals surface area contributed by atoms with Gasteiger partial charge in [-0.3, -0.25) is 15.0 Å². The molecule has 25 heavy (non-hydrogen) atoms. The molecule has 6 nitrogen and oxygen atoms in total. The molecular weight excluding hydrogens is 320 g/mol. The van der Waals surface area contributed by atoms with Gasteiger partial charge in [0.1, 0.15) is 6.04 Å². The topological polar surface area (TPSA) is 78.9 Å². The van der Waals surface area contributed by atoms with Gasteiger partial charge >= 0.3 is 5.97 Å². The van der Waals surface area contributed by atoms with Gasteiger partial charge < -0.3 is 9.84 Å². The zero-order chi connectivity index (χ0) is 18.7. The summed E-state index contributed by atoms with van der Waals surface area (Å²) in [7, 11) is 0. The first-order valence-corrected chi connectivity index (χ1v) is 8.84. The van der Waals surface area contributed by atoms with Gasteiger partial charge in [-0.2, -0.15) is 0 Å². The Kier molecular flexibility index (Phi) is 9.80. The van der Waals surface area contributed by atoms with Gasteiger partial charge in [0.15, 0.2) is 0 Å². The van der Waals surface area contributed by atoms with Crippen LogP contribution >= 0.6 is 0 Å². The Hall–Kier alpha value is -1.92. The Balaban J connectivity index is 2.66. The van der Waals surface area contributed by atoms with Crippen molar-refractivity contribution in [3.8, 4) is 0 Å². The van der Waals surface area contributed by atoms with Crippen LogP contribution in [0.4, 0.5) is 0 Å². The molecule has 0 unspecified atom stereocenters. The second kappa shape index (κ2) is 11.6. The van der Waals surface area contributed by atoms with Gasteiger partial charge in [-0.15, -0.1) is 0 Å². The van der Waals surface area contributed by atoms with Crippen LogP contribution in [0.3, 0.4) is 0 Å². The number of amides is 1. The molecule has 2 N–H and O–H groups in total. The predicted octanol–water partition coefficient (Wildman–Crippen LogP) is 2.49. The smallest absolute Gasteiger partial charge is 0.322 e. The van der Waals surface area contributed by atoms with E-state index in [1.165, 1.54) is 5.01 Å². The molecule has 0 heterocycles. The van der Waals surface area contributed by atoms with Crippen molar-refractivity contribution in [3.05, 3.63) is 35.9 Å². The average Bonchev–Trinajstić information content (AvgIpc) is 2.58. The zero-order valence-corrected chi connectivity index (χ0v) is 15.4. The van der Waals surface area contributed by atoms with E-state index >= 15 is 0 Å². The van der Waals surface area contributed by atoms with Crippen LogP contribution in [0, 0.1) is 5.92 Å². The molecule has 1 amide bonds. The number of benzene rings is 1. The van der Waals surface area contributed by atoms with Crippen LogP contribution < -0.4 is 5.43 Å². The lowest BCUT2D eigenvalue weighted by Crippen LogP contribution is -2.53. The maximum Gasteiger partial charge on any atom is 0.322 e. The molecule has 0 radical (unpaired) electrons. The average molecular weight is 350 g/mol. The molecular formula is C19H30N2O4. The van der Waals surface area contributed by atoms with E-state index in [1.54, 1.807) is 0 Å². The highest BCUT2D eigenvalue weighted by molar-refractivity contribution is 5.77. The first-order valence-electron chi connectivity index (χ1n) is 8.84. The number of carboxylic acid groups (broad SMARTS) is 1. The van der Waals surface area contributed by atoms with Crippen molar-refractivity contribution in [2.45, 2.75) is 46.1 Å². The van der Waals surface area contributed by atoms with Crippen LogP contribution in [-0.4, -0.2) is 47.8 Å². The van der Waals surface area contributed by atoms with E-state index in [0.717, 1.165) is 5.56 Å². The van der Waals surface area contributed by atoms with E-state index in [4.69, 9.17) is 4.74 Å². The van der Waals surface area contributed by atoms with Crippen molar-refractivity contribution >= 4 is 11.9 Å². The van der Waals surface area contributed by atoms with Crippen molar-refractivity contribution in [2.75, 3.05) is 19.8 Å². The van der Waals surface area contributed by atoms with Crippen molar-refractivity contribution in [1.29, 1.82) is 0 Å². The summed E-state index contributed by atoms with van der Waals surface area (Å²) < 4.78 is 5.32. The normalized spacial score (nSPS) is 12.4. The predicted molar refractivity (Wildman–Crippen MR) is 97.0 cm³/mol. The standard InChI is InChI=1S/C19H30N2O4/c1-4-25-13-12-21(17(19(23)24)14-15(2)3)20-18(22)11-10-16-8-6-5-7-9-16/h5-9,15,17H,4,10-14H2,1-3H3,(H,20,22)(H,23,24)/t17-/m0/s1. The first kappa shape index (κ1) is 21.1. The monoisotopic (exact) mass is 350 g/mol. The zero-order valence-electron chi connectivity index (χ0n) is 15.4. The number of hydrazine groups is 1. The van der Waals surface area contributed by atoms with Gasteiger partial charge in [0.2, 0.25) is 5.91 Å². The molecule has 0 aliphatic carbocycles. The summed E-state index contributed by atoms with van der Waals surface area (Å²) in [5.74, 6) is -0.916. The van der Waals surface area contributed by atoms with E-state index in [0.29, 0.717) is 39.0 Å². The molecule has 1 aromatic rings. The van der Waals surface area contributed by atoms with Crippen molar-refractivity contribution in [3.63, 3.8) is 0 Å². The Morgan fingerprint density at radius 3 is 2.48 bits per heavy atom. The number of nitrogens with zero attached hydrogens (tertiary/aromatic N) is 1. The van der Waals surface area contributed by atoms with Gasteiger partial charge in [-0.25, -0.2) is 5.01 Å². The summed E-state index contributed by atoms with van der Waals surface area (Å²) in [4.78, 5) is 23.9. The highest BCUT2D eigenvalue weighted by atomic mass is 16.5. The fraction of sp³-hybridized carbons (Fsp3) is 0.579. The molecule has 6 heteroatoms. The van der Waals surface area contributed by atoms with Crippen molar-refractivity contribution in [2.24, 2.45) is 5.92 Å². The largest absolute Gasteiger partial charge is 0.480 e. The van der Waals surface area contributed by atoms with Crippen LogP contribution in [0.1, 0.15) is 39.2 Å². The van der Waals surface area contributed by atoms with Gasteiger partial charge in [0, 0.05) is 19.6 Å². The van der Waals surface area contributed by atoms with Gasteiger partial charge in [0.05, 0.1) is 6.61 Å². The van der Waals surface area contributed by atoms with E-state index in [2.05, 4.69) is 5.43 Å². The lowest BCUT2D eigenvalue weighted by atomic mass is 10.0. The van der Waals surface area contributed by atoms with Gasteiger partial charge in [0.25, 0.3) is 0 Å². The number of nitrogens with one attached hydrogen (secondary N) is 1. The van der Waals surface area contributed by atoms with Crippen molar-refractivity contribution < 1.29 is 19.4 Å². The minimum atomic E-state index is -0.937. The third-order valence-electron chi connectivity index (χ3n) is 3.79. The minimum absolute atomic E-state index is 0.185. The van der Waals surface area contributed by atoms with Crippen molar-refractivity contribution in [1.82, 2.24) is 10.4 Å². The molecule has 0 spiro atoms. The van der Waals surface area contributed by atoms with E-state index < -0.39 is 12.0 Å². The Morgan fingerprint density at radius 1 is 1.24 bits per heavy atom. The first-order chi connectivity index (χ1) is 11.9. The molecule has 0 bridgehead atoms. The molecule has 0 aliphatic heterocycles.